The minimum atomic E-state index is -0.714. The highest BCUT2D eigenvalue weighted by molar-refractivity contribution is 7.07. The molecule has 0 N–H and O–H groups in total. The number of hydrogen-bond acceptors (Lipinski definition) is 3. The summed E-state index contributed by atoms with van der Waals surface area (Å²) in [5.74, 6) is -1.35. The smallest absolute Gasteiger partial charge is 0.211 e. The van der Waals surface area contributed by atoms with E-state index >= 15 is 0 Å². The molecule has 1 aromatic heterocycles. The molecular formula is C25H18ClF2N3S. The van der Waals surface area contributed by atoms with Gasteiger partial charge >= 0.3 is 0 Å². The Morgan fingerprint density at radius 1 is 0.938 bits per heavy atom. The van der Waals surface area contributed by atoms with Gasteiger partial charge in [-0.05, 0) is 49.1 Å². The standard InChI is InChI=1S/C25H18ClF2N3S/c26-18-10-8-17(9-11-18)24-15-32-25(29-23-13-12-19(27)14-21(23)28)31(24)30-22-7-3-5-16-4-1-2-6-20(16)22/h1-2,4,6,8-15H,3,5,7H2. The van der Waals surface area contributed by atoms with Crippen molar-refractivity contribution in [2.45, 2.75) is 19.3 Å². The van der Waals surface area contributed by atoms with Gasteiger partial charge in [0.25, 0.3) is 0 Å². The molecule has 0 saturated carbocycles. The highest BCUT2D eigenvalue weighted by Gasteiger charge is 2.17. The van der Waals surface area contributed by atoms with Crippen LogP contribution in [-0.4, -0.2) is 10.4 Å². The van der Waals surface area contributed by atoms with Crippen LogP contribution in [0.5, 0.6) is 0 Å². The number of fused-ring (bicyclic) bond motifs is 1. The summed E-state index contributed by atoms with van der Waals surface area (Å²) in [6, 6.07) is 19.1. The van der Waals surface area contributed by atoms with Crippen LogP contribution in [0.1, 0.15) is 24.0 Å². The maximum absolute atomic E-state index is 14.3. The maximum atomic E-state index is 14.3. The van der Waals surface area contributed by atoms with Gasteiger partial charge in [-0.2, -0.15) is 5.10 Å². The molecule has 0 fully saturated rings. The number of thiazole rings is 1. The van der Waals surface area contributed by atoms with E-state index in [2.05, 4.69) is 17.1 Å². The molecule has 0 spiro atoms. The van der Waals surface area contributed by atoms with Crippen molar-refractivity contribution in [1.29, 1.82) is 0 Å². The van der Waals surface area contributed by atoms with Crippen LogP contribution in [0.15, 0.2) is 82.2 Å². The van der Waals surface area contributed by atoms with E-state index in [1.54, 1.807) is 4.68 Å². The van der Waals surface area contributed by atoms with Crippen LogP contribution in [0.25, 0.3) is 11.3 Å². The van der Waals surface area contributed by atoms with Gasteiger partial charge < -0.3 is 0 Å². The van der Waals surface area contributed by atoms with E-state index in [0.29, 0.717) is 9.82 Å². The first kappa shape index (κ1) is 20.8. The van der Waals surface area contributed by atoms with E-state index < -0.39 is 11.6 Å². The number of rotatable bonds is 3. The topological polar surface area (TPSA) is 29.6 Å². The number of aromatic nitrogens is 1. The molecule has 160 valence electrons. The van der Waals surface area contributed by atoms with Crippen LogP contribution in [0, 0.1) is 11.6 Å². The summed E-state index contributed by atoms with van der Waals surface area (Å²) in [4.78, 5) is 4.97. The number of nitrogens with zero attached hydrogens (tertiary/aromatic N) is 3. The zero-order valence-electron chi connectivity index (χ0n) is 16.9. The molecule has 1 heterocycles. The molecule has 3 aromatic carbocycles. The van der Waals surface area contributed by atoms with E-state index in [0.717, 1.165) is 47.9 Å². The van der Waals surface area contributed by atoms with Crippen LogP contribution < -0.4 is 4.80 Å². The normalized spacial score (nSPS) is 15.2. The lowest BCUT2D eigenvalue weighted by Gasteiger charge is -2.18. The fourth-order valence-electron chi connectivity index (χ4n) is 3.79. The SMILES string of the molecule is Fc1ccc(N=c2scc(-c3ccc(Cl)cc3)n2N=C2CCCc3ccccc32)c(F)c1. The summed E-state index contributed by atoms with van der Waals surface area (Å²) in [5.41, 5.74) is 5.15. The molecule has 0 unspecified atom stereocenters. The predicted molar refractivity (Wildman–Crippen MR) is 126 cm³/mol. The van der Waals surface area contributed by atoms with Crippen LogP contribution >= 0.6 is 22.9 Å². The van der Waals surface area contributed by atoms with Gasteiger partial charge in [-0.1, -0.05) is 48.0 Å². The van der Waals surface area contributed by atoms with Crippen LogP contribution in [0.4, 0.5) is 14.5 Å². The molecule has 0 bridgehead atoms. The summed E-state index contributed by atoms with van der Waals surface area (Å²) in [7, 11) is 0. The lowest BCUT2D eigenvalue weighted by Crippen LogP contribution is -2.18. The molecule has 1 aliphatic rings. The van der Waals surface area contributed by atoms with Crippen molar-refractivity contribution >= 4 is 34.3 Å². The van der Waals surface area contributed by atoms with Crippen molar-refractivity contribution < 1.29 is 8.78 Å². The molecule has 5 rings (SSSR count). The van der Waals surface area contributed by atoms with Gasteiger partial charge in [0, 0.05) is 27.6 Å². The minimum absolute atomic E-state index is 0.0638. The highest BCUT2D eigenvalue weighted by Crippen LogP contribution is 2.26. The van der Waals surface area contributed by atoms with Crippen LogP contribution in [0.2, 0.25) is 5.02 Å². The van der Waals surface area contributed by atoms with E-state index in [-0.39, 0.29) is 5.69 Å². The van der Waals surface area contributed by atoms with Crippen molar-refractivity contribution in [2.75, 3.05) is 0 Å². The van der Waals surface area contributed by atoms with Gasteiger partial charge in [0.05, 0.1) is 11.4 Å². The van der Waals surface area contributed by atoms with E-state index in [1.807, 2.05) is 41.8 Å². The first-order valence-electron chi connectivity index (χ1n) is 10.2. The van der Waals surface area contributed by atoms with Gasteiger partial charge in [0.1, 0.15) is 11.5 Å². The van der Waals surface area contributed by atoms with Crippen molar-refractivity contribution in [1.82, 2.24) is 4.68 Å². The first-order valence-corrected chi connectivity index (χ1v) is 11.5. The molecule has 0 radical (unpaired) electrons. The minimum Gasteiger partial charge on any atom is -0.217 e. The third kappa shape index (κ3) is 4.16. The summed E-state index contributed by atoms with van der Waals surface area (Å²) in [6.07, 6.45) is 2.87. The molecular weight excluding hydrogens is 448 g/mol. The van der Waals surface area contributed by atoms with Crippen molar-refractivity contribution in [2.24, 2.45) is 10.1 Å². The molecule has 0 atom stereocenters. The van der Waals surface area contributed by atoms with Gasteiger partial charge in [-0.3, -0.25) is 0 Å². The first-order chi connectivity index (χ1) is 15.6. The summed E-state index contributed by atoms with van der Waals surface area (Å²) in [6.45, 7) is 0. The highest BCUT2D eigenvalue weighted by atomic mass is 35.5. The Kier molecular flexibility index (Phi) is 5.72. The largest absolute Gasteiger partial charge is 0.217 e. The van der Waals surface area contributed by atoms with Gasteiger partial charge in [0.2, 0.25) is 4.80 Å². The Balaban J connectivity index is 1.71. The van der Waals surface area contributed by atoms with Crippen LogP contribution in [-0.2, 0) is 6.42 Å². The van der Waals surface area contributed by atoms with Crippen LogP contribution in [0.3, 0.4) is 0 Å². The Hall–Kier alpha value is -3.09. The fourth-order valence-corrected chi connectivity index (χ4v) is 4.76. The van der Waals surface area contributed by atoms with E-state index in [9.17, 15) is 8.78 Å². The molecule has 3 nitrogen and oxygen atoms in total. The molecule has 7 heteroatoms. The predicted octanol–water partition coefficient (Wildman–Crippen LogP) is 6.97. The Labute approximate surface area is 193 Å². The molecule has 32 heavy (non-hydrogen) atoms. The van der Waals surface area contributed by atoms with Gasteiger partial charge in [-0.15, -0.1) is 11.3 Å². The van der Waals surface area contributed by atoms with Gasteiger partial charge in [0.15, 0.2) is 5.82 Å². The molecule has 0 aliphatic heterocycles. The number of hydrogen-bond donors (Lipinski definition) is 0. The Morgan fingerprint density at radius 3 is 2.56 bits per heavy atom. The number of benzene rings is 3. The average Bonchev–Trinajstić information content (AvgIpc) is 3.18. The average molecular weight is 466 g/mol. The van der Waals surface area contributed by atoms with Gasteiger partial charge in [-0.25, -0.2) is 18.4 Å². The molecule has 4 aromatic rings. The number of aryl methyl sites for hydroxylation is 1. The Bertz CT molecular complexity index is 1390. The maximum Gasteiger partial charge on any atom is 0.211 e. The second-order valence-corrected chi connectivity index (χ2v) is 8.76. The monoisotopic (exact) mass is 465 g/mol. The molecule has 0 amide bonds. The van der Waals surface area contributed by atoms with E-state index in [4.69, 9.17) is 16.7 Å². The summed E-state index contributed by atoms with van der Waals surface area (Å²) < 4.78 is 29.4. The number of halogens is 3. The Morgan fingerprint density at radius 2 is 1.75 bits per heavy atom. The zero-order valence-corrected chi connectivity index (χ0v) is 18.5. The second-order valence-electron chi connectivity index (χ2n) is 7.49. The lowest BCUT2D eigenvalue weighted by atomic mass is 9.90. The molecule has 0 saturated heterocycles. The zero-order chi connectivity index (χ0) is 22.1. The quantitative estimate of drug-likeness (QED) is 0.313. The summed E-state index contributed by atoms with van der Waals surface area (Å²) in [5, 5.41) is 7.55. The lowest BCUT2D eigenvalue weighted by molar-refractivity contribution is 0.584. The van der Waals surface area contributed by atoms with E-state index in [1.165, 1.54) is 29.0 Å². The van der Waals surface area contributed by atoms with Crippen molar-refractivity contribution in [3.63, 3.8) is 0 Å². The van der Waals surface area contributed by atoms with Crippen molar-refractivity contribution in [3.05, 3.63) is 105 Å². The third-order valence-corrected chi connectivity index (χ3v) is 6.43. The van der Waals surface area contributed by atoms with Crippen molar-refractivity contribution in [3.8, 4) is 11.3 Å². The third-order valence-electron chi connectivity index (χ3n) is 5.36. The fraction of sp³-hybridized carbons (Fsp3) is 0.120. The summed E-state index contributed by atoms with van der Waals surface area (Å²) >= 11 is 7.42. The molecule has 1 aliphatic carbocycles. The second kappa shape index (κ2) is 8.81.